The third-order valence-corrected chi connectivity index (χ3v) is 14.9. The summed E-state index contributed by atoms with van der Waals surface area (Å²) in [5, 5.41) is 44.8. The number of ether oxygens (including phenoxy) is 5. The zero-order valence-electron chi connectivity index (χ0n) is 33.7. The van der Waals surface area contributed by atoms with Gasteiger partial charge in [0.15, 0.2) is 17.9 Å². The van der Waals surface area contributed by atoms with Crippen LogP contribution in [0.3, 0.4) is 0 Å². The van der Waals surface area contributed by atoms with E-state index in [-0.39, 0.29) is 65.3 Å². The number of aliphatic carboxylic acids is 1. The van der Waals surface area contributed by atoms with Crippen molar-refractivity contribution in [1.82, 2.24) is 9.80 Å². The van der Waals surface area contributed by atoms with Gasteiger partial charge < -0.3 is 44.1 Å². The van der Waals surface area contributed by atoms with Crippen molar-refractivity contribution in [3.8, 4) is 17.2 Å². The summed E-state index contributed by atoms with van der Waals surface area (Å²) in [6.45, 7) is 3.53. The Balaban J connectivity index is 0.996. The van der Waals surface area contributed by atoms with Crippen LogP contribution in [-0.2, 0) is 44.5 Å². The van der Waals surface area contributed by atoms with E-state index in [1.807, 2.05) is 6.92 Å². The SMILES string of the molecule is COc1cccc2c1C(=O)c1c(O)c3c(c(O)c1C2=O)C[C@@](O)(C(=O)CSC1CC(=O)N(CC2CCC(C(=O)O)CC2)C1=O)C[C@@H]3O[C@H]1C[C@H]2[C@H](O[C@@H]3COCCN32)[C@H](C)O1. The van der Waals surface area contributed by atoms with E-state index in [9.17, 15) is 49.2 Å². The second-order valence-electron chi connectivity index (χ2n) is 17.2. The molecule has 7 aliphatic rings. The first-order chi connectivity index (χ1) is 29.2. The molecule has 18 heteroatoms. The Morgan fingerprint density at radius 3 is 2.49 bits per heavy atom. The number of aliphatic hydroxyl groups is 1. The van der Waals surface area contributed by atoms with Gasteiger partial charge in [-0.15, -0.1) is 11.8 Å². The molecule has 9 rings (SSSR count). The molecule has 1 unspecified atom stereocenters. The number of benzene rings is 2. The zero-order chi connectivity index (χ0) is 43.1. The average molecular weight is 865 g/mol. The van der Waals surface area contributed by atoms with Crippen LogP contribution in [0.1, 0.15) is 101 Å². The highest BCUT2D eigenvalue weighted by atomic mass is 32.2. The Labute approximate surface area is 354 Å². The van der Waals surface area contributed by atoms with Crippen LogP contribution >= 0.6 is 11.8 Å². The number of carbonyl (C=O) groups is 6. The molecule has 8 atom stereocenters. The Kier molecular flexibility index (Phi) is 11.0. The number of carbonyl (C=O) groups excluding carboxylic acids is 5. The van der Waals surface area contributed by atoms with Crippen LogP contribution in [0.2, 0.25) is 0 Å². The fraction of sp³-hybridized carbons (Fsp3) is 0.581. The van der Waals surface area contributed by atoms with Crippen molar-refractivity contribution in [2.75, 3.05) is 39.2 Å². The summed E-state index contributed by atoms with van der Waals surface area (Å²) in [6.07, 6.45) is -2.13. The van der Waals surface area contributed by atoms with E-state index < -0.39 is 112 Å². The third kappa shape index (κ3) is 7.13. The minimum absolute atomic E-state index is 0.0279. The quantitative estimate of drug-likeness (QED) is 0.169. The van der Waals surface area contributed by atoms with Gasteiger partial charge in [-0.05, 0) is 44.6 Å². The van der Waals surface area contributed by atoms with Gasteiger partial charge in [-0.3, -0.25) is 38.6 Å². The van der Waals surface area contributed by atoms with Crippen molar-refractivity contribution >= 4 is 46.9 Å². The van der Waals surface area contributed by atoms with E-state index in [0.717, 1.165) is 11.8 Å². The Bertz CT molecular complexity index is 2200. The molecule has 326 valence electrons. The number of Topliss-reactive ketones (excluding diaryl/α,β-unsaturated/α-hetero) is 1. The van der Waals surface area contributed by atoms with E-state index in [0.29, 0.717) is 51.9 Å². The number of carboxylic acid groups (broad SMARTS) is 1. The number of morpholine rings is 1. The number of methoxy groups -OCH3 is 1. The van der Waals surface area contributed by atoms with E-state index in [2.05, 4.69) is 4.90 Å². The molecule has 5 fully saturated rings. The van der Waals surface area contributed by atoms with Crippen LogP contribution in [-0.4, -0.2) is 146 Å². The van der Waals surface area contributed by atoms with E-state index in [1.165, 1.54) is 30.2 Å². The molecule has 61 heavy (non-hydrogen) atoms. The molecule has 0 bridgehead atoms. The summed E-state index contributed by atoms with van der Waals surface area (Å²) in [5.41, 5.74) is -3.59. The number of nitrogens with zero attached hydrogens (tertiary/aromatic N) is 2. The first-order valence-electron chi connectivity index (χ1n) is 20.8. The Hall–Kier alpha value is -4.43. The predicted octanol–water partition coefficient (Wildman–Crippen LogP) is 2.50. The number of phenols is 2. The summed E-state index contributed by atoms with van der Waals surface area (Å²) in [4.78, 5) is 83.8. The van der Waals surface area contributed by atoms with Crippen molar-refractivity contribution in [2.45, 2.75) is 106 Å². The number of likely N-dealkylation sites (tertiary alicyclic amines) is 1. The molecule has 2 aromatic rings. The summed E-state index contributed by atoms with van der Waals surface area (Å²) in [5.74, 6) is -6.09. The number of thioether (sulfide) groups is 1. The third-order valence-electron chi connectivity index (χ3n) is 13.7. The molecule has 4 N–H and O–H groups in total. The smallest absolute Gasteiger partial charge is 0.306 e. The van der Waals surface area contributed by atoms with Gasteiger partial charge in [0.05, 0.1) is 66.1 Å². The number of carboxylic acids is 1. The van der Waals surface area contributed by atoms with Crippen LogP contribution in [0.5, 0.6) is 17.2 Å². The lowest BCUT2D eigenvalue weighted by Crippen LogP contribution is -2.53. The molecule has 0 spiro atoms. The van der Waals surface area contributed by atoms with Gasteiger partial charge in [0.2, 0.25) is 17.6 Å². The van der Waals surface area contributed by atoms with Crippen molar-refractivity contribution in [2.24, 2.45) is 11.8 Å². The van der Waals surface area contributed by atoms with Gasteiger partial charge in [0.25, 0.3) is 0 Å². The molecule has 1 saturated carbocycles. The van der Waals surface area contributed by atoms with E-state index in [1.54, 1.807) is 0 Å². The maximum Gasteiger partial charge on any atom is 0.306 e. The van der Waals surface area contributed by atoms with Crippen molar-refractivity contribution in [3.05, 3.63) is 51.6 Å². The van der Waals surface area contributed by atoms with E-state index >= 15 is 0 Å². The Morgan fingerprint density at radius 2 is 1.75 bits per heavy atom. The number of imide groups is 1. The van der Waals surface area contributed by atoms with Crippen LogP contribution in [0.4, 0.5) is 0 Å². The summed E-state index contributed by atoms with van der Waals surface area (Å²) in [6, 6.07) is 4.28. The second-order valence-corrected chi connectivity index (χ2v) is 18.4. The lowest BCUT2D eigenvalue weighted by molar-refractivity contribution is -0.247. The molecule has 2 aromatic carbocycles. The van der Waals surface area contributed by atoms with Crippen LogP contribution < -0.4 is 4.74 Å². The van der Waals surface area contributed by atoms with Gasteiger partial charge in [-0.25, -0.2) is 0 Å². The number of aromatic hydroxyl groups is 2. The second kappa shape index (κ2) is 16.0. The lowest BCUT2D eigenvalue weighted by Gasteiger charge is -2.43. The van der Waals surface area contributed by atoms with E-state index in [4.69, 9.17) is 23.7 Å². The van der Waals surface area contributed by atoms with Crippen LogP contribution in [0.25, 0.3) is 0 Å². The summed E-state index contributed by atoms with van der Waals surface area (Å²) in [7, 11) is 1.34. The maximum absolute atomic E-state index is 14.3. The fourth-order valence-electron chi connectivity index (χ4n) is 10.5. The minimum Gasteiger partial charge on any atom is -0.507 e. The number of hydrogen-bond donors (Lipinski definition) is 4. The number of fused-ring (bicyclic) bond motifs is 6. The van der Waals surface area contributed by atoms with Gasteiger partial charge in [0.1, 0.15) is 35.2 Å². The van der Waals surface area contributed by atoms with Crippen molar-refractivity contribution < 1.29 is 72.9 Å². The molecule has 17 nitrogen and oxygen atoms in total. The van der Waals surface area contributed by atoms with Gasteiger partial charge >= 0.3 is 5.97 Å². The highest BCUT2D eigenvalue weighted by Crippen LogP contribution is 2.53. The predicted molar refractivity (Wildman–Crippen MR) is 211 cm³/mol. The highest BCUT2D eigenvalue weighted by Gasteiger charge is 2.54. The molecule has 0 aromatic heterocycles. The molecule has 2 amide bonds. The van der Waals surface area contributed by atoms with Gasteiger partial charge in [-0.2, -0.15) is 0 Å². The van der Waals surface area contributed by atoms with Crippen LogP contribution in [0, 0.1) is 11.8 Å². The largest absolute Gasteiger partial charge is 0.507 e. The van der Waals surface area contributed by atoms with Crippen molar-refractivity contribution in [3.63, 3.8) is 0 Å². The molecule has 4 aliphatic heterocycles. The summed E-state index contributed by atoms with van der Waals surface area (Å²) < 4.78 is 30.2. The Morgan fingerprint density at radius 1 is 1.00 bits per heavy atom. The zero-order valence-corrected chi connectivity index (χ0v) is 34.5. The average Bonchev–Trinajstić information content (AvgIpc) is 3.75. The fourth-order valence-corrected chi connectivity index (χ4v) is 11.6. The number of hydrogen-bond acceptors (Lipinski definition) is 16. The standard InChI is InChI=1S/C43H48N2O15S/c1-19-40-24(44-10-11-57-17-30(44)60-40)12-31(58-19)59-26-15-43(55,28(46)18-61-27-13-29(47)45(41(27)52)16-20-6-8-21(9-7-20)42(53)54)14-23-33(26)39(51)35-34(37(23)49)36(48)22-4-3-5-25(56-2)32(22)38(35)50/h3-5,19-21,24,26-27,30-31,40,49,51,55H,6-18H2,1-2H3,(H,53,54)/t19-,20?,21?,24-,26-,27?,30+,31-,40+,43-/m0/s1. The van der Waals surface area contributed by atoms with Crippen LogP contribution in [0.15, 0.2) is 18.2 Å². The monoisotopic (exact) mass is 864 g/mol. The lowest BCUT2D eigenvalue weighted by atomic mass is 9.72. The minimum atomic E-state index is -2.27. The molecule has 4 saturated heterocycles. The first-order valence-corrected chi connectivity index (χ1v) is 21.8. The topological polar surface area (TPSA) is 236 Å². The molecular formula is C43H48N2O15S. The number of amides is 2. The first kappa shape index (κ1) is 41.9. The highest BCUT2D eigenvalue weighted by molar-refractivity contribution is 8.01. The molecular weight excluding hydrogens is 817 g/mol. The summed E-state index contributed by atoms with van der Waals surface area (Å²) >= 11 is 0.915. The van der Waals surface area contributed by atoms with Gasteiger partial charge in [0, 0.05) is 61.5 Å². The van der Waals surface area contributed by atoms with Gasteiger partial charge in [-0.1, -0.05) is 12.1 Å². The maximum atomic E-state index is 14.3. The molecule has 4 heterocycles. The molecule has 0 radical (unpaired) electrons. The van der Waals surface area contributed by atoms with Crippen molar-refractivity contribution in [1.29, 1.82) is 0 Å². The normalized spacial score (nSPS) is 33.4. The number of phenolic OH excluding ortho intramolecular Hbond substituents is 2. The molecule has 3 aliphatic carbocycles. The number of ketones is 3. The number of rotatable bonds is 10.